The predicted octanol–water partition coefficient (Wildman–Crippen LogP) is 5.90. The Kier molecular flexibility index (Phi) is 6.61. The number of hydrogen-bond donors (Lipinski definition) is 1. The van der Waals surface area contributed by atoms with Gasteiger partial charge in [0, 0.05) is 22.9 Å². The van der Waals surface area contributed by atoms with E-state index >= 15 is 0 Å². The van der Waals surface area contributed by atoms with Crippen LogP contribution in [0.1, 0.15) is 12.6 Å². The second-order valence-electron chi connectivity index (χ2n) is 5.69. The first-order chi connectivity index (χ1) is 13.4. The van der Waals surface area contributed by atoms with Gasteiger partial charge >= 0.3 is 0 Å². The van der Waals surface area contributed by atoms with Gasteiger partial charge in [-0.1, -0.05) is 45.7 Å². The molecule has 0 aliphatic carbocycles. The summed E-state index contributed by atoms with van der Waals surface area (Å²) in [5, 5.41) is 5.47. The minimum atomic E-state index is -0.328. The summed E-state index contributed by atoms with van der Waals surface area (Å²) in [6.45, 7) is 1.49. The SMILES string of the molecule is CC(=O)N(c1ccccc1)c1nc(/C=C/C(=O)Nc2ccc(Br)cc2Cl)cs1. The zero-order valence-corrected chi connectivity index (χ0v) is 17.9. The van der Waals surface area contributed by atoms with Gasteiger partial charge in [0.05, 0.1) is 22.1 Å². The number of para-hydroxylation sites is 1. The lowest BCUT2D eigenvalue weighted by Crippen LogP contribution is -2.22. The van der Waals surface area contributed by atoms with Crippen LogP contribution in [0, 0.1) is 0 Å². The molecular weight excluding hydrogens is 462 g/mol. The molecule has 0 radical (unpaired) electrons. The first-order valence-corrected chi connectivity index (χ1v) is 10.2. The molecule has 1 N–H and O–H groups in total. The fourth-order valence-electron chi connectivity index (χ4n) is 2.39. The summed E-state index contributed by atoms with van der Waals surface area (Å²) >= 11 is 10.7. The van der Waals surface area contributed by atoms with E-state index in [0.717, 1.165) is 10.2 Å². The summed E-state index contributed by atoms with van der Waals surface area (Å²) in [6, 6.07) is 14.5. The van der Waals surface area contributed by atoms with Crippen LogP contribution in [0.25, 0.3) is 6.08 Å². The van der Waals surface area contributed by atoms with Crippen LogP contribution in [-0.4, -0.2) is 16.8 Å². The van der Waals surface area contributed by atoms with Gasteiger partial charge in [0.15, 0.2) is 5.13 Å². The van der Waals surface area contributed by atoms with E-state index < -0.39 is 0 Å². The number of amides is 2. The Morgan fingerprint density at radius 2 is 1.96 bits per heavy atom. The molecule has 0 atom stereocenters. The van der Waals surface area contributed by atoms with Crippen molar-refractivity contribution in [1.29, 1.82) is 0 Å². The molecule has 8 heteroatoms. The van der Waals surface area contributed by atoms with Crippen molar-refractivity contribution in [2.75, 3.05) is 10.2 Å². The minimum Gasteiger partial charge on any atom is -0.321 e. The van der Waals surface area contributed by atoms with Crippen LogP contribution >= 0.6 is 38.9 Å². The van der Waals surface area contributed by atoms with Crippen molar-refractivity contribution in [2.45, 2.75) is 6.92 Å². The molecule has 0 unspecified atom stereocenters. The van der Waals surface area contributed by atoms with Crippen LogP contribution in [0.4, 0.5) is 16.5 Å². The number of carbonyl (C=O) groups excluding carboxylic acids is 2. The summed E-state index contributed by atoms with van der Waals surface area (Å²) in [5.74, 6) is -0.469. The van der Waals surface area contributed by atoms with E-state index in [1.165, 1.54) is 29.2 Å². The molecular formula is C20H15BrClN3O2S. The molecule has 28 heavy (non-hydrogen) atoms. The average Bonchev–Trinajstić information content (AvgIpc) is 3.11. The van der Waals surface area contributed by atoms with Crippen LogP contribution in [-0.2, 0) is 9.59 Å². The van der Waals surface area contributed by atoms with E-state index in [2.05, 4.69) is 26.2 Å². The highest BCUT2D eigenvalue weighted by atomic mass is 79.9. The maximum atomic E-state index is 12.1. The predicted molar refractivity (Wildman–Crippen MR) is 118 cm³/mol. The smallest absolute Gasteiger partial charge is 0.248 e. The van der Waals surface area contributed by atoms with Gasteiger partial charge in [-0.25, -0.2) is 4.98 Å². The third-order valence-corrected chi connectivity index (χ3v) is 5.27. The lowest BCUT2D eigenvalue weighted by Gasteiger charge is -2.17. The third kappa shape index (κ3) is 5.07. The molecule has 0 aliphatic rings. The van der Waals surface area contributed by atoms with Crippen molar-refractivity contribution in [3.8, 4) is 0 Å². The molecule has 3 aromatic rings. The topological polar surface area (TPSA) is 62.3 Å². The molecule has 0 spiro atoms. The molecule has 1 heterocycles. The van der Waals surface area contributed by atoms with E-state index in [1.807, 2.05) is 30.3 Å². The molecule has 0 fully saturated rings. The van der Waals surface area contributed by atoms with Crippen molar-refractivity contribution < 1.29 is 9.59 Å². The van der Waals surface area contributed by atoms with Gasteiger partial charge in [0.2, 0.25) is 11.8 Å². The summed E-state index contributed by atoms with van der Waals surface area (Å²) in [4.78, 5) is 30.2. The van der Waals surface area contributed by atoms with Crippen molar-refractivity contribution in [3.63, 3.8) is 0 Å². The van der Waals surface area contributed by atoms with Gasteiger partial charge in [0.25, 0.3) is 0 Å². The van der Waals surface area contributed by atoms with Crippen LogP contribution < -0.4 is 10.2 Å². The lowest BCUT2D eigenvalue weighted by molar-refractivity contribution is -0.116. The molecule has 2 amide bonds. The first kappa shape index (κ1) is 20.3. The monoisotopic (exact) mass is 475 g/mol. The number of thiazole rings is 1. The number of aromatic nitrogens is 1. The van der Waals surface area contributed by atoms with Crippen LogP contribution in [0.5, 0.6) is 0 Å². The molecule has 0 bridgehead atoms. The van der Waals surface area contributed by atoms with E-state index in [1.54, 1.807) is 29.7 Å². The molecule has 5 nitrogen and oxygen atoms in total. The number of nitrogens with zero attached hydrogens (tertiary/aromatic N) is 2. The number of halogens is 2. The Labute approximate surface area is 179 Å². The Hall–Kier alpha value is -2.48. The summed E-state index contributed by atoms with van der Waals surface area (Å²) in [5.41, 5.74) is 1.84. The highest BCUT2D eigenvalue weighted by Crippen LogP contribution is 2.29. The fraction of sp³-hybridized carbons (Fsp3) is 0.0500. The molecule has 0 saturated heterocycles. The van der Waals surface area contributed by atoms with Gasteiger partial charge in [-0.2, -0.15) is 0 Å². The van der Waals surface area contributed by atoms with Gasteiger partial charge < -0.3 is 5.32 Å². The molecule has 2 aromatic carbocycles. The van der Waals surface area contributed by atoms with Crippen molar-refractivity contribution in [2.24, 2.45) is 0 Å². The van der Waals surface area contributed by atoms with Gasteiger partial charge in [-0.3, -0.25) is 14.5 Å². The van der Waals surface area contributed by atoms with Crippen molar-refractivity contribution in [1.82, 2.24) is 4.98 Å². The number of hydrogen-bond acceptors (Lipinski definition) is 4. The van der Waals surface area contributed by atoms with Crippen LogP contribution in [0.3, 0.4) is 0 Å². The quantitative estimate of drug-likeness (QED) is 0.467. The second-order valence-corrected chi connectivity index (χ2v) is 7.85. The number of rotatable bonds is 5. The Bertz CT molecular complexity index is 1040. The maximum absolute atomic E-state index is 12.1. The number of carbonyl (C=O) groups is 2. The largest absolute Gasteiger partial charge is 0.321 e. The normalized spacial score (nSPS) is 10.8. The van der Waals surface area contributed by atoms with E-state index in [9.17, 15) is 9.59 Å². The van der Waals surface area contributed by atoms with Gasteiger partial charge in [-0.05, 0) is 36.4 Å². The summed E-state index contributed by atoms with van der Waals surface area (Å²) < 4.78 is 0.828. The maximum Gasteiger partial charge on any atom is 0.248 e. The zero-order valence-electron chi connectivity index (χ0n) is 14.7. The number of nitrogens with one attached hydrogen (secondary N) is 1. The van der Waals surface area contributed by atoms with Gasteiger partial charge in [-0.15, -0.1) is 11.3 Å². The molecule has 1 aromatic heterocycles. The Balaban J connectivity index is 1.72. The third-order valence-electron chi connectivity index (χ3n) is 3.62. The summed E-state index contributed by atoms with van der Waals surface area (Å²) in [6.07, 6.45) is 2.96. The van der Waals surface area contributed by atoms with Crippen LogP contribution in [0.2, 0.25) is 5.02 Å². The Morgan fingerprint density at radius 3 is 2.64 bits per heavy atom. The molecule has 0 saturated carbocycles. The summed E-state index contributed by atoms with van der Waals surface area (Å²) in [7, 11) is 0. The highest BCUT2D eigenvalue weighted by molar-refractivity contribution is 9.10. The second kappa shape index (κ2) is 9.14. The van der Waals surface area contributed by atoms with E-state index in [-0.39, 0.29) is 11.8 Å². The lowest BCUT2D eigenvalue weighted by atomic mass is 10.3. The van der Waals surface area contributed by atoms with E-state index in [4.69, 9.17) is 11.6 Å². The standard InChI is InChI=1S/C20H15BrClN3O2S/c1-13(26)25(16-5-3-2-4-6-16)20-23-15(12-28-20)8-10-19(27)24-18-9-7-14(21)11-17(18)22/h2-12H,1H3,(H,24,27)/b10-8+. The van der Waals surface area contributed by atoms with Gasteiger partial charge in [0.1, 0.15) is 0 Å². The number of benzene rings is 2. The van der Waals surface area contributed by atoms with Crippen LogP contribution in [0.15, 0.2) is 64.5 Å². The molecule has 0 aliphatic heterocycles. The average molecular weight is 477 g/mol. The number of anilines is 3. The van der Waals surface area contributed by atoms with Crippen molar-refractivity contribution in [3.05, 3.63) is 75.2 Å². The molecule has 3 rings (SSSR count). The van der Waals surface area contributed by atoms with Crippen molar-refractivity contribution >= 4 is 73.3 Å². The fourth-order valence-corrected chi connectivity index (χ4v) is 3.96. The minimum absolute atomic E-state index is 0.140. The molecule has 142 valence electrons. The Morgan fingerprint density at radius 1 is 1.21 bits per heavy atom. The van der Waals surface area contributed by atoms with E-state index in [0.29, 0.717) is 21.5 Å². The first-order valence-electron chi connectivity index (χ1n) is 8.19. The highest BCUT2D eigenvalue weighted by Gasteiger charge is 2.17. The zero-order chi connectivity index (χ0) is 20.1.